The van der Waals surface area contributed by atoms with Crippen molar-refractivity contribution in [1.29, 1.82) is 0 Å². The molecule has 0 saturated heterocycles. The van der Waals surface area contributed by atoms with Crippen LogP contribution in [0.3, 0.4) is 0 Å². The Balaban J connectivity index is 1.57. The van der Waals surface area contributed by atoms with Gasteiger partial charge in [0.05, 0.1) is 12.9 Å². The largest absolute Gasteiger partial charge is 0.497 e. The Labute approximate surface area is 164 Å². The average molecular weight is 406 g/mol. The Morgan fingerprint density at radius 3 is 2.70 bits per heavy atom. The molecule has 0 aliphatic rings. The van der Waals surface area contributed by atoms with Crippen LogP contribution >= 0.6 is 23.1 Å². The van der Waals surface area contributed by atoms with E-state index in [9.17, 15) is 4.79 Å². The van der Waals surface area contributed by atoms with Crippen LogP contribution in [-0.4, -0.2) is 38.5 Å². The zero-order valence-corrected chi connectivity index (χ0v) is 16.7. The minimum atomic E-state index is -0.297. The number of hydrogen-bond acceptors (Lipinski definition) is 8. The van der Waals surface area contributed by atoms with Crippen molar-refractivity contribution < 1.29 is 14.3 Å². The van der Waals surface area contributed by atoms with E-state index in [2.05, 4.69) is 20.5 Å². The van der Waals surface area contributed by atoms with Crippen LogP contribution in [0.4, 0.5) is 5.13 Å². The molecule has 0 aliphatic heterocycles. The summed E-state index contributed by atoms with van der Waals surface area (Å²) < 4.78 is 12.9. The van der Waals surface area contributed by atoms with Gasteiger partial charge in [0.1, 0.15) is 11.5 Å². The Bertz CT molecular complexity index is 881. The van der Waals surface area contributed by atoms with Gasteiger partial charge in [-0.15, -0.1) is 21.5 Å². The van der Waals surface area contributed by atoms with Crippen molar-refractivity contribution in [3.05, 3.63) is 41.7 Å². The number of aromatic nitrogens is 4. The number of nitrogens with one attached hydrogen (secondary N) is 1. The van der Waals surface area contributed by atoms with E-state index in [0.717, 1.165) is 5.75 Å². The van der Waals surface area contributed by atoms with Crippen molar-refractivity contribution >= 4 is 34.1 Å². The molecule has 2 aromatic heterocycles. The molecule has 0 spiro atoms. The first-order chi connectivity index (χ1) is 13.1. The van der Waals surface area contributed by atoms with Crippen LogP contribution in [0.15, 0.2) is 41.0 Å². The number of carbonyl (C=O) groups is 1. The number of methoxy groups -OCH3 is 1. The highest BCUT2D eigenvalue weighted by Crippen LogP contribution is 2.25. The van der Waals surface area contributed by atoms with Gasteiger partial charge >= 0.3 is 0 Å². The van der Waals surface area contributed by atoms with E-state index in [-0.39, 0.29) is 17.8 Å². The molecule has 0 aliphatic carbocycles. The fourth-order valence-electron chi connectivity index (χ4n) is 2.29. The number of rotatable bonds is 8. The Morgan fingerprint density at radius 1 is 1.30 bits per heavy atom. The molecule has 1 aromatic carbocycles. The highest BCUT2D eigenvalue weighted by Gasteiger charge is 2.18. The average Bonchev–Trinajstić information content (AvgIpc) is 3.30. The maximum Gasteiger partial charge on any atom is 0.236 e. The first-order valence-electron chi connectivity index (χ1n) is 8.09. The van der Waals surface area contributed by atoms with Crippen LogP contribution in [-0.2, 0) is 11.8 Å². The minimum Gasteiger partial charge on any atom is -0.497 e. The number of anilines is 1. The van der Waals surface area contributed by atoms with Gasteiger partial charge in [0, 0.05) is 18.6 Å². The molecule has 2 heterocycles. The summed E-state index contributed by atoms with van der Waals surface area (Å²) in [5.41, 5.74) is 0. The maximum absolute atomic E-state index is 12.0. The molecule has 3 rings (SSSR count). The third-order valence-corrected chi connectivity index (χ3v) is 5.32. The molecule has 1 atom stereocenters. The van der Waals surface area contributed by atoms with E-state index in [1.807, 2.05) is 48.2 Å². The lowest BCUT2D eigenvalue weighted by Gasteiger charge is -2.14. The molecule has 10 heteroatoms. The first-order valence-corrected chi connectivity index (χ1v) is 9.95. The SMILES string of the molecule is COc1ccc(OC(C)c2nnc(SCC(=O)Nc3nccs3)n2C)cc1. The van der Waals surface area contributed by atoms with Crippen molar-refractivity contribution in [2.75, 3.05) is 18.2 Å². The van der Waals surface area contributed by atoms with E-state index in [1.165, 1.54) is 23.1 Å². The van der Waals surface area contributed by atoms with Gasteiger partial charge in [-0.05, 0) is 31.2 Å². The third-order valence-electron chi connectivity index (χ3n) is 3.62. The van der Waals surface area contributed by atoms with Gasteiger partial charge in [0.2, 0.25) is 5.91 Å². The number of hydrogen-bond donors (Lipinski definition) is 1. The molecule has 1 amide bonds. The molecular formula is C17H19N5O3S2. The fraction of sp³-hybridized carbons (Fsp3) is 0.294. The monoisotopic (exact) mass is 405 g/mol. The third kappa shape index (κ3) is 4.98. The number of benzene rings is 1. The van der Waals surface area contributed by atoms with E-state index in [4.69, 9.17) is 9.47 Å². The number of amides is 1. The molecule has 1 N–H and O–H groups in total. The Hall–Kier alpha value is -2.59. The molecule has 0 bridgehead atoms. The van der Waals surface area contributed by atoms with Crippen molar-refractivity contribution in [3.63, 3.8) is 0 Å². The highest BCUT2D eigenvalue weighted by atomic mass is 32.2. The van der Waals surface area contributed by atoms with Crippen LogP contribution in [0.1, 0.15) is 18.9 Å². The second-order valence-corrected chi connectivity index (χ2v) is 7.35. The van der Waals surface area contributed by atoms with Gasteiger partial charge in [-0.3, -0.25) is 4.79 Å². The minimum absolute atomic E-state index is 0.137. The lowest BCUT2D eigenvalue weighted by atomic mass is 10.3. The summed E-state index contributed by atoms with van der Waals surface area (Å²) in [5, 5.41) is 14.1. The number of carbonyl (C=O) groups excluding carboxylic acids is 1. The van der Waals surface area contributed by atoms with Crippen molar-refractivity contribution in [2.45, 2.75) is 18.2 Å². The van der Waals surface area contributed by atoms with E-state index < -0.39 is 0 Å². The topological polar surface area (TPSA) is 91.2 Å². The lowest BCUT2D eigenvalue weighted by molar-refractivity contribution is -0.113. The highest BCUT2D eigenvalue weighted by molar-refractivity contribution is 7.99. The maximum atomic E-state index is 12.0. The molecule has 0 saturated carbocycles. The van der Waals surface area contributed by atoms with Crippen LogP contribution in [0, 0.1) is 0 Å². The summed E-state index contributed by atoms with van der Waals surface area (Å²) in [7, 11) is 3.47. The second-order valence-electron chi connectivity index (χ2n) is 5.51. The van der Waals surface area contributed by atoms with Gasteiger partial charge in [-0.2, -0.15) is 0 Å². The van der Waals surface area contributed by atoms with Crippen LogP contribution in [0.5, 0.6) is 11.5 Å². The molecule has 1 unspecified atom stereocenters. The van der Waals surface area contributed by atoms with E-state index >= 15 is 0 Å². The van der Waals surface area contributed by atoms with Crippen molar-refractivity contribution in [3.8, 4) is 11.5 Å². The molecule has 0 fully saturated rings. The molecule has 142 valence electrons. The number of thiazole rings is 1. The van der Waals surface area contributed by atoms with Crippen LogP contribution in [0.25, 0.3) is 0 Å². The summed E-state index contributed by atoms with van der Waals surface area (Å²) >= 11 is 2.69. The van der Waals surface area contributed by atoms with E-state index in [1.54, 1.807) is 13.3 Å². The molecule has 3 aromatic rings. The Morgan fingerprint density at radius 2 is 2.04 bits per heavy atom. The predicted molar refractivity (Wildman–Crippen MR) is 105 cm³/mol. The smallest absolute Gasteiger partial charge is 0.236 e. The number of ether oxygens (including phenoxy) is 2. The quantitative estimate of drug-likeness (QED) is 0.576. The fourth-order valence-corrected chi connectivity index (χ4v) is 3.55. The standard InChI is InChI=1S/C17H19N5O3S2/c1-11(25-13-6-4-12(24-3)5-7-13)15-20-21-17(22(15)2)27-10-14(23)19-16-18-8-9-26-16/h4-9,11H,10H2,1-3H3,(H,18,19,23). The number of nitrogens with zero attached hydrogens (tertiary/aromatic N) is 4. The summed E-state index contributed by atoms with van der Waals surface area (Å²) in [4.78, 5) is 16.0. The molecule has 0 radical (unpaired) electrons. The Kier molecular flexibility index (Phi) is 6.30. The van der Waals surface area contributed by atoms with Gasteiger partial charge in [-0.1, -0.05) is 11.8 Å². The summed E-state index contributed by atoms with van der Waals surface area (Å²) in [6.07, 6.45) is 1.35. The van der Waals surface area contributed by atoms with Gasteiger partial charge in [-0.25, -0.2) is 4.98 Å². The first kappa shape index (κ1) is 19.2. The molecule has 8 nitrogen and oxygen atoms in total. The van der Waals surface area contributed by atoms with Crippen LogP contribution < -0.4 is 14.8 Å². The van der Waals surface area contributed by atoms with Gasteiger partial charge in [0.15, 0.2) is 22.2 Å². The predicted octanol–water partition coefficient (Wildman–Crippen LogP) is 3.15. The van der Waals surface area contributed by atoms with E-state index in [0.29, 0.717) is 21.9 Å². The summed E-state index contributed by atoms with van der Waals surface area (Å²) in [6, 6.07) is 7.34. The lowest BCUT2D eigenvalue weighted by Crippen LogP contribution is -2.14. The summed E-state index contributed by atoms with van der Waals surface area (Å²) in [5.74, 6) is 2.24. The van der Waals surface area contributed by atoms with Crippen LogP contribution in [0.2, 0.25) is 0 Å². The molecular weight excluding hydrogens is 386 g/mol. The van der Waals surface area contributed by atoms with Gasteiger partial charge < -0.3 is 19.4 Å². The molecule has 27 heavy (non-hydrogen) atoms. The second kappa shape index (κ2) is 8.87. The van der Waals surface area contributed by atoms with Crippen molar-refractivity contribution in [2.24, 2.45) is 7.05 Å². The zero-order chi connectivity index (χ0) is 19.2. The van der Waals surface area contributed by atoms with Crippen molar-refractivity contribution in [1.82, 2.24) is 19.7 Å². The summed E-state index contributed by atoms with van der Waals surface area (Å²) in [6.45, 7) is 1.90. The number of thioether (sulfide) groups is 1. The van der Waals surface area contributed by atoms with Gasteiger partial charge in [0.25, 0.3) is 0 Å². The zero-order valence-electron chi connectivity index (χ0n) is 15.1. The normalized spacial score (nSPS) is 11.8.